The second-order valence-electron chi connectivity index (χ2n) is 6.88. The minimum absolute atomic E-state index is 0.0723. The first-order valence-electron chi connectivity index (χ1n) is 9.54. The number of hydrogen-bond acceptors (Lipinski definition) is 5. The Balaban J connectivity index is 1.28. The number of carbonyl (C=O) groups excluding carboxylic acids is 1. The van der Waals surface area contributed by atoms with E-state index in [1.54, 1.807) is 6.20 Å². The number of rotatable bonds is 5. The van der Waals surface area contributed by atoms with Crippen molar-refractivity contribution in [2.45, 2.75) is 6.42 Å². The van der Waals surface area contributed by atoms with Crippen molar-refractivity contribution in [3.8, 4) is 0 Å². The Morgan fingerprint density at radius 1 is 0.900 bits per heavy atom. The predicted molar refractivity (Wildman–Crippen MR) is 118 cm³/mol. The number of aromatic nitrogens is 4. The molecule has 0 aliphatic heterocycles. The molecular formula is C23H18N6O. The predicted octanol–water partition coefficient (Wildman–Crippen LogP) is 4.43. The van der Waals surface area contributed by atoms with Gasteiger partial charge in [-0.15, -0.1) is 0 Å². The average Bonchev–Trinajstić information content (AvgIpc) is 3.25. The van der Waals surface area contributed by atoms with Crippen molar-refractivity contribution < 1.29 is 4.79 Å². The topological polar surface area (TPSA) is 95.6 Å². The number of fused-ring (bicyclic) bond motifs is 2. The third-order valence-corrected chi connectivity index (χ3v) is 4.86. The first kappa shape index (κ1) is 17.8. The quantitative estimate of drug-likeness (QED) is 0.410. The number of benzene rings is 2. The van der Waals surface area contributed by atoms with Gasteiger partial charge in [-0.1, -0.05) is 18.2 Å². The Kier molecular flexibility index (Phi) is 4.53. The number of aromatic amines is 1. The molecule has 0 fully saturated rings. The van der Waals surface area contributed by atoms with Crippen molar-refractivity contribution in [2.24, 2.45) is 0 Å². The van der Waals surface area contributed by atoms with E-state index >= 15 is 0 Å². The van der Waals surface area contributed by atoms with Gasteiger partial charge < -0.3 is 15.6 Å². The summed E-state index contributed by atoms with van der Waals surface area (Å²) in [5.74, 6) is 0.660. The standard InChI is InChI=1S/C23H18N6O/c30-21(29-20-5-1-4-19-17(20)3-2-11-24-19)13-15-6-8-16(9-7-15)28-23-18-10-12-25-22(18)26-14-27-23/h1-12,14H,13H2,(H,29,30)(H2,25,26,27,28). The number of nitrogens with one attached hydrogen (secondary N) is 3. The van der Waals surface area contributed by atoms with E-state index in [0.717, 1.165) is 44.7 Å². The fourth-order valence-corrected chi connectivity index (χ4v) is 3.41. The zero-order chi connectivity index (χ0) is 20.3. The van der Waals surface area contributed by atoms with Gasteiger partial charge in [0.1, 0.15) is 17.8 Å². The molecule has 5 aromatic rings. The van der Waals surface area contributed by atoms with Crippen LogP contribution in [-0.4, -0.2) is 25.8 Å². The van der Waals surface area contributed by atoms with Crippen LogP contribution in [0.3, 0.4) is 0 Å². The molecule has 0 bridgehead atoms. The van der Waals surface area contributed by atoms with Crippen LogP contribution in [0.15, 0.2) is 79.4 Å². The minimum atomic E-state index is -0.0723. The Bertz CT molecular complexity index is 1340. The highest BCUT2D eigenvalue weighted by molar-refractivity contribution is 6.01. The summed E-state index contributed by atoms with van der Waals surface area (Å²) in [6.07, 6.45) is 5.37. The molecule has 1 amide bonds. The van der Waals surface area contributed by atoms with Crippen LogP contribution in [0, 0.1) is 0 Å². The van der Waals surface area contributed by atoms with E-state index in [1.807, 2.05) is 66.9 Å². The summed E-state index contributed by atoms with van der Waals surface area (Å²) in [5, 5.41) is 8.13. The highest BCUT2D eigenvalue weighted by atomic mass is 16.1. The largest absolute Gasteiger partial charge is 0.346 e. The normalized spacial score (nSPS) is 10.9. The summed E-state index contributed by atoms with van der Waals surface area (Å²) in [7, 11) is 0. The maximum atomic E-state index is 12.6. The van der Waals surface area contributed by atoms with Crippen LogP contribution >= 0.6 is 0 Å². The Morgan fingerprint density at radius 2 is 1.80 bits per heavy atom. The van der Waals surface area contributed by atoms with Crippen molar-refractivity contribution in [2.75, 3.05) is 10.6 Å². The molecule has 0 saturated heterocycles. The van der Waals surface area contributed by atoms with E-state index in [2.05, 4.69) is 30.6 Å². The molecule has 2 aromatic carbocycles. The van der Waals surface area contributed by atoms with Crippen LogP contribution in [0.2, 0.25) is 0 Å². The molecule has 0 unspecified atom stereocenters. The van der Waals surface area contributed by atoms with Gasteiger partial charge in [0.2, 0.25) is 5.91 Å². The monoisotopic (exact) mass is 394 g/mol. The number of H-pyrrole nitrogens is 1. The second-order valence-corrected chi connectivity index (χ2v) is 6.88. The van der Waals surface area contributed by atoms with Crippen LogP contribution < -0.4 is 10.6 Å². The molecule has 30 heavy (non-hydrogen) atoms. The Labute approximate surface area is 172 Å². The fourth-order valence-electron chi connectivity index (χ4n) is 3.41. The number of carbonyl (C=O) groups is 1. The van der Waals surface area contributed by atoms with Gasteiger partial charge in [0.15, 0.2) is 0 Å². The molecule has 0 aliphatic rings. The van der Waals surface area contributed by atoms with Gasteiger partial charge in [0.05, 0.1) is 23.0 Å². The van der Waals surface area contributed by atoms with E-state index in [1.165, 1.54) is 6.33 Å². The Hall–Kier alpha value is -4.26. The third kappa shape index (κ3) is 3.56. The maximum Gasteiger partial charge on any atom is 0.228 e. The molecule has 3 aromatic heterocycles. The van der Waals surface area contributed by atoms with Crippen molar-refractivity contribution in [3.05, 3.63) is 84.9 Å². The molecule has 7 nitrogen and oxygen atoms in total. The zero-order valence-corrected chi connectivity index (χ0v) is 16.0. The number of amides is 1. The van der Waals surface area contributed by atoms with Crippen molar-refractivity contribution >= 4 is 45.0 Å². The lowest BCUT2D eigenvalue weighted by Gasteiger charge is -2.10. The molecular weight excluding hydrogens is 376 g/mol. The van der Waals surface area contributed by atoms with Crippen LogP contribution in [0.4, 0.5) is 17.2 Å². The molecule has 0 atom stereocenters. The van der Waals surface area contributed by atoms with Gasteiger partial charge in [0, 0.05) is 23.5 Å². The highest BCUT2D eigenvalue weighted by Crippen LogP contribution is 2.23. The maximum absolute atomic E-state index is 12.6. The summed E-state index contributed by atoms with van der Waals surface area (Å²) in [5.41, 5.74) is 4.21. The molecule has 3 N–H and O–H groups in total. The summed E-state index contributed by atoms with van der Waals surface area (Å²) in [6, 6.07) is 19.2. The highest BCUT2D eigenvalue weighted by Gasteiger charge is 2.08. The van der Waals surface area contributed by atoms with Crippen LogP contribution in [0.1, 0.15) is 5.56 Å². The lowest BCUT2D eigenvalue weighted by atomic mass is 10.1. The van der Waals surface area contributed by atoms with Gasteiger partial charge in [-0.25, -0.2) is 9.97 Å². The van der Waals surface area contributed by atoms with Gasteiger partial charge in [-0.3, -0.25) is 9.78 Å². The fraction of sp³-hybridized carbons (Fsp3) is 0.0435. The van der Waals surface area contributed by atoms with E-state index in [4.69, 9.17) is 0 Å². The molecule has 146 valence electrons. The zero-order valence-electron chi connectivity index (χ0n) is 16.0. The number of pyridine rings is 1. The number of anilines is 3. The van der Waals surface area contributed by atoms with Crippen molar-refractivity contribution in [1.29, 1.82) is 0 Å². The molecule has 5 rings (SSSR count). The van der Waals surface area contributed by atoms with Gasteiger partial charge >= 0.3 is 0 Å². The van der Waals surface area contributed by atoms with Crippen LogP contribution in [0.25, 0.3) is 21.9 Å². The summed E-state index contributed by atoms with van der Waals surface area (Å²) in [6.45, 7) is 0. The summed E-state index contributed by atoms with van der Waals surface area (Å²) in [4.78, 5) is 28.4. The number of hydrogen-bond donors (Lipinski definition) is 3. The van der Waals surface area contributed by atoms with E-state index in [0.29, 0.717) is 0 Å². The van der Waals surface area contributed by atoms with Crippen LogP contribution in [0.5, 0.6) is 0 Å². The van der Waals surface area contributed by atoms with Crippen molar-refractivity contribution in [3.63, 3.8) is 0 Å². The number of nitrogens with zero attached hydrogens (tertiary/aromatic N) is 3. The average molecular weight is 394 g/mol. The summed E-state index contributed by atoms with van der Waals surface area (Å²) < 4.78 is 0. The Morgan fingerprint density at radius 3 is 2.70 bits per heavy atom. The SMILES string of the molecule is O=C(Cc1ccc(Nc2ncnc3[nH]ccc23)cc1)Nc1cccc2ncccc12. The third-order valence-electron chi connectivity index (χ3n) is 4.86. The van der Waals surface area contributed by atoms with E-state index in [9.17, 15) is 4.79 Å². The van der Waals surface area contributed by atoms with E-state index in [-0.39, 0.29) is 12.3 Å². The molecule has 3 heterocycles. The first-order chi connectivity index (χ1) is 14.8. The molecule has 0 spiro atoms. The van der Waals surface area contributed by atoms with Crippen molar-refractivity contribution in [1.82, 2.24) is 19.9 Å². The smallest absolute Gasteiger partial charge is 0.228 e. The molecule has 0 saturated carbocycles. The molecule has 7 heteroatoms. The minimum Gasteiger partial charge on any atom is -0.346 e. The van der Waals surface area contributed by atoms with Crippen LogP contribution in [-0.2, 0) is 11.2 Å². The first-order valence-corrected chi connectivity index (χ1v) is 9.54. The lowest BCUT2D eigenvalue weighted by Crippen LogP contribution is -2.14. The summed E-state index contributed by atoms with van der Waals surface area (Å²) >= 11 is 0. The van der Waals surface area contributed by atoms with E-state index < -0.39 is 0 Å². The van der Waals surface area contributed by atoms with Gasteiger partial charge in [-0.2, -0.15) is 0 Å². The molecule has 0 aliphatic carbocycles. The second kappa shape index (κ2) is 7.63. The van der Waals surface area contributed by atoms with Gasteiger partial charge in [-0.05, 0) is 48.0 Å². The lowest BCUT2D eigenvalue weighted by molar-refractivity contribution is -0.115. The molecule has 0 radical (unpaired) electrons. The van der Waals surface area contributed by atoms with Gasteiger partial charge in [0.25, 0.3) is 0 Å².